The van der Waals surface area contributed by atoms with Gasteiger partial charge in [-0.3, -0.25) is 0 Å². The van der Waals surface area contributed by atoms with Crippen LogP contribution in [-0.2, 0) is 14.2 Å². The van der Waals surface area contributed by atoms with Gasteiger partial charge in [-0.25, -0.2) is 4.79 Å². The predicted octanol–water partition coefficient (Wildman–Crippen LogP) is -2.72. The van der Waals surface area contributed by atoms with Crippen LogP contribution in [0.5, 0.6) is 0 Å². The molecule has 0 saturated carbocycles. The molecule has 17 heavy (non-hydrogen) atoms. The Bertz CT molecular complexity index is 269. The van der Waals surface area contributed by atoms with E-state index in [0.717, 1.165) is 6.42 Å². The number of aliphatic hydroxyl groups excluding tert-OH is 1. The van der Waals surface area contributed by atoms with Crippen molar-refractivity contribution in [1.82, 2.24) is 0 Å². The fraction of sp³-hybridized carbons (Fsp3) is 0.800. The van der Waals surface area contributed by atoms with Crippen LogP contribution in [0.3, 0.4) is 0 Å². The zero-order chi connectivity index (χ0) is 12.6. The van der Waals surface area contributed by atoms with Gasteiger partial charge in [0.25, 0.3) is 0 Å². The smallest absolute Gasteiger partial charge is 0.550 e. The monoisotopic (exact) mass is 271 g/mol. The first-order valence-electron chi connectivity index (χ1n) is 5.28. The summed E-state index contributed by atoms with van der Waals surface area (Å²) in [5, 5.41) is 18.9. The van der Waals surface area contributed by atoms with E-state index in [1.54, 1.807) is 0 Å². The third-order valence-electron chi connectivity index (χ3n) is 2.18. The number of hydrogen-bond donors (Lipinski definition) is 1. The van der Waals surface area contributed by atoms with Crippen molar-refractivity contribution in [2.75, 3.05) is 12.8 Å². The second-order valence-corrected chi connectivity index (χ2v) is 5.41. The summed E-state index contributed by atoms with van der Waals surface area (Å²) in [5.41, 5.74) is -0.504. The van der Waals surface area contributed by atoms with E-state index in [1.807, 2.05) is 0 Å². The molecule has 0 radical (unpaired) electrons. The van der Waals surface area contributed by atoms with Crippen molar-refractivity contribution in [2.45, 2.75) is 32.6 Å². The summed E-state index contributed by atoms with van der Waals surface area (Å²) < 4.78 is 11.4. The zero-order valence-electron chi connectivity index (χ0n) is 10.3. The van der Waals surface area contributed by atoms with Gasteiger partial charge in [-0.05, 0) is 19.3 Å². The van der Waals surface area contributed by atoms with Crippen molar-refractivity contribution in [1.29, 1.82) is 0 Å². The molecular weight excluding hydrogens is 254 g/mol. The topological polar surface area (TPSA) is 94.5 Å². The minimum absolute atomic E-state index is 0. The summed E-state index contributed by atoms with van der Waals surface area (Å²) >= 11 is 0. The second kappa shape index (κ2) is 11.3. The molecule has 0 aliphatic rings. The summed E-state index contributed by atoms with van der Waals surface area (Å²) in [7, 11) is -1.98. The van der Waals surface area contributed by atoms with Crippen LogP contribution in [0.1, 0.15) is 32.6 Å². The van der Waals surface area contributed by atoms with Crippen LogP contribution < -0.4 is 34.7 Å². The van der Waals surface area contributed by atoms with Crippen molar-refractivity contribution < 1.29 is 53.9 Å². The third kappa shape index (κ3) is 9.86. The molecule has 0 aromatic rings. The Kier molecular flexibility index (Phi) is 13.0. The number of unbranched alkanes of at least 4 members (excludes halogenated alkanes) is 2. The minimum Gasteiger partial charge on any atom is -0.550 e. The fourth-order valence-corrected chi connectivity index (χ4v) is 2.35. The Labute approximate surface area is 124 Å². The van der Waals surface area contributed by atoms with Crippen molar-refractivity contribution in [3.05, 3.63) is 0 Å². The summed E-state index contributed by atoms with van der Waals surface area (Å²) in [6, 6.07) is 0. The molecule has 1 N–H and O–H groups in total. The van der Waals surface area contributed by atoms with E-state index < -0.39 is 25.2 Å². The van der Waals surface area contributed by atoms with E-state index in [2.05, 4.69) is 0 Å². The molecule has 0 rings (SSSR count). The summed E-state index contributed by atoms with van der Waals surface area (Å²) in [5.74, 6) is -2.18. The first-order chi connectivity index (χ1) is 7.49. The van der Waals surface area contributed by atoms with Crippen LogP contribution in [-0.4, -0.2) is 29.4 Å². The number of carboxylic acid groups (broad SMARTS) is 1. The van der Waals surface area contributed by atoms with Gasteiger partial charge < -0.3 is 15.0 Å². The Morgan fingerprint density at radius 1 is 1.29 bits per heavy atom. The molecule has 7 heteroatoms. The number of carbonyl (C=O) groups excluding carboxylic acids is 2. The van der Waals surface area contributed by atoms with Crippen LogP contribution in [0.2, 0.25) is 0 Å². The van der Waals surface area contributed by atoms with Gasteiger partial charge in [0.15, 0.2) is 6.16 Å². The van der Waals surface area contributed by atoms with E-state index in [9.17, 15) is 19.3 Å². The van der Waals surface area contributed by atoms with E-state index >= 15 is 0 Å². The molecule has 0 saturated heterocycles. The third-order valence-corrected chi connectivity index (χ3v) is 3.64. The molecule has 0 aliphatic heterocycles. The summed E-state index contributed by atoms with van der Waals surface area (Å²) in [4.78, 5) is 21.7. The SMILES string of the molecule is CC(CC(=O)[P+](=O)CCCCCO)C(=O)[O-].[Na+]. The average Bonchev–Trinajstić information content (AvgIpc) is 2.23. The molecule has 0 heterocycles. The first kappa shape index (κ1) is 19.5. The summed E-state index contributed by atoms with van der Waals surface area (Å²) in [6.07, 6.45) is 2.01. The molecule has 2 atom stereocenters. The standard InChI is InChI=1S/C10H17O5P.Na/c1-8(10(13)14)7-9(12)16(15)6-4-2-3-5-11;/h8,11H,2-7H2,1H3;/q;+1. The number of rotatable bonds is 9. The Morgan fingerprint density at radius 2 is 1.88 bits per heavy atom. The molecule has 0 aliphatic carbocycles. The minimum atomic E-state index is -1.98. The molecule has 0 fully saturated rings. The molecule has 0 spiro atoms. The normalized spacial score (nSPS) is 12.5. The molecular formula is C10H17NaO5P+. The van der Waals surface area contributed by atoms with Crippen LogP contribution in [0.25, 0.3) is 0 Å². The van der Waals surface area contributed by atoms with Gasteiger partial charge in [0.1, 0.15) is 0 Å². The maximum absolute atomic E-state index is 11.4. The van der Waals surface area contributed by atoms with Gasteiger partial charge in [0.2, 0.25) is 0 Å². The average molecular weight is 271 g/mol. The van der Waals surface area contributed by atoms with Crippen LogP contribution in [0.15, 0.2) is 0 Å². The number of hydrogen-bond acceptors (Lipinski definition) is 5. The number of carbonyl (C=O) groups is 2. The quantitative estimate of drug-likeness (QED) is 0.279. The van der Waals surface area contributed by atoms with Crippen molar-refractivity contribution in [3.8, 4) is 0 Å². The molecule has 0 amide bonds. The fourth-order valence-electron chi connectivity index (χ4n) is 1.12. The largest absolute Gasteiger partial charge is 1.00 e. The van der Waals surface area contributed by atoms with Gasteiger partial charge in [0, 0.05) is 18.5 Å². The Morgan fingerprint density at radius 3 is 2.35 bits per heavy atom. The first-order valence-corrected chi connectivity index (χ1v) is 6.72. The van der Waals surface area contributed by atoms with Gasteiger partial charge in [-0.2, -0.15) is 0 Å². The van der Waals surface area contributed by atoms with Crippen molar-refractivity contribution in [3.63, 3.8) is 0 Å². The summed E-state index contributed by atoms with van der Waals surface area (Å²) in [6.45, 7) is 1.45. The number of aliphatic hydroxyl groups is 1. The molecule has 92 valence electrons. The van der Waals surface area contributed by atoms with Crippen LogP contribution in [0.4, 0.5) is 0 Å². The molecule has 5 nitrogen and oxygen atoms in total. The van der Waals surface area contributed by atoms with Crippen molar-refractivity contribution >= 4 is 19.3 Å². The molecule has 2 unspecified atom stereocenters. The van der Waals surface area contributed by atoms with Gasteiger partial charge in [-0.1, -0.05) is 11.5 Å². The molecule has 0 bridgehead atoms. The predicted molar refractivity (Wildman–Crippen MR) is 57.2 cm³/mol. The Balaban J connectivity index is 0. The number of aliphatic carboxylic acids is 1. The van der Waals surface area contributed by atoms with Gasteiger partial charge in [0.05, 0.1) is 6.42 Å². The van der Waals surface area contributed by atoms with Gasteiger partial charge >= 0.3 is 42.9 Å². The molecule has 0 aromatic carbocycles. The maximum Gasteiger partial charge on any atom is 1.00 e. The van der Waals surface area contributed by atoms with E-state index in [-0.39, 0.29) is 48.7 Å². The second-order valence-electron chi connectivity index (χ2n) is 3.70. The van der Waals surface area contributed by atoms with E-state index in [4.69, 9.17) is 5.11 Å². The molecule has 0 aromatic heterocycles. The zero-order valence-corrected chi connectivity index (χ0v) is 13.2. The van der Waals surface area contributed by atoms with E-state index in [1.165, 1.54) is 6.92 Å². The van der Waals surface area contributed by atoms with Crippen LogP contribution >= 0.6 is 7.80 Å². The van der Waals surface area contributed by atoms with Gasteiger partial charge in [-0.15, -0.1) is 0 Å². The van der Waals surface area contributed by atoms with Crippen LogP contribution in [0, 0.1) is 5.92 Å². The van der Waals surface area contributed by atoms with Crippen molar-refractivity contribution in [2.24, 2.45) is 5.92 Å². The number of carboxylic acids is 1. The Hall–Kier alpha value is 0.200. The van der Waals surface area contributed by atoms with E-state index in [0.29, 0.717) is 12.8 Å². The maximum atomic E-state index is 11.4.